The number of ether oxygens (including phenoxy) is 1. The summed E-state index contributed by atoms with van der Waals surface area (Å²) in [7, 11) is 0. The van der Waals surface area contributed by atoms with Crippen LogP contribution in [0.2, 0.25) is 10.0 Å². The van der Waals surface area contributed by atoms with Crippen LogP contribution < -0.4 is 10.1 Å². The summed E-state index contributed by atoms with van der Waals surface area (Å²) in [6.07, 6.45) is 0. The van der Waals surface area contributed by atoms with Gasteiger partial charge in [0.1, 0.15) is 5.75 Å². The Kier molecular flexibility index (Phi) is 6.06. The third kappa shape index (κ3) is 4.88. The number of aryl methyl sites for hydroxylation is 1. The second-order valence-electron chi connectivity index (χ2n) is 5.11. The molecule has 7 heteroatoms. The number of hydrogen-bond acceptors (Lipinski definition) is 3. The fraction of sp³-hybridized carbons (Fsp3) is 0.176. The van der Waals surface area contributed by atoms with Crippen molar-refractivity contribution in [2.24, 2.45) is 0 Å². The van der Waals surface area contributed by atoms with E-state index >= 15 is 0 Å². The number of carboxylic acid groups (broad SMARTS) is 1. The van der Waals surface area contributed by atoms with Gasteiger partial charge in [-0.15, -0.1) is 0 Å². The number of rotatable bonds is 6. The van der Waals surface area contributed by atoms with Gasteiger partial charge in [0.2, 0.25) is 0 Å². The maximum Gasteiger partial charge on any atom is 0.341 e. The van der Waals surface area contributed by atoms with E-state index in [4.69, 9.17) is 33.0 Å². The van der Waals surface area contributed by atoms with Crippen LogP contribution in [0.25, 0.3) is 0 Å². The topological polar surface area (TPSA) is 75.6 Å². The van der Waals surface area contributed by atoms with Crippen molar-refractivity contribution >= 4 is 35.1 Å². The van der Waals surface area contributed by atoms with Crippen molar-refractivity contribution in [3.63, 3.8) is 0 Å². The molecule has 0 aliphatic heterocycles. The van der Waals surface area contributed by atoms with E-state index in [2.05, 4.69) is 5.32 Å². The van der Waals surface area contributed by atoms with Crippen LogP contribution in [0.3, 0.4) is 0 Å². The molecule has 0 radical (unpaired) electrons. The van der Waals surface area contributed by atoms with Gasteiger partial charge in [-0.2, -0.15) is 0 Å². The van der Waals surface area contributed by atoms with Crippen LogP contribution in [0.4, 0.5) is 0 Å². The van der Waals surface area contributed by atoms with Gasteiger partial charge in [-0.05, 0) is 42.3 Å². The molecule has 2 aromatic rings. The highest BCUT2D eigenvalue weighted by atomic mass is 35.5. The molecule has 1 amide bonds. The Balaban J connectivity index is 2.10. The average molecular weight is 368 g/mol. The summed E-state index contributed by atoms with van der Waals surface area (Å²) in [4.78, 5) is 23.0. The zero-order valence-corrected chi connectivity index (χ0v) is 14.3. The van der Waals surface area contributed by atoms with E-state index in [1.165, 1.54) is 0 Å². The minimum absolute atomic E-state index is 0.226. The van der Waals surface area contributed by atoms with Gasteiger partial charge in [-0.1, -0.05) is 35.3 Å². The summed E-state index contributed by atoms with van der Waals surface area (Å²) >= 11 is 11.8. The van der Waals surface area contributed by atoms with Gasteiger partial charge in [-0.25, -0.2) is 4.79 Å². The van der Waals surface area contributed by atoms with Gasteiger partial charge < -0.3 is 15.2 Å². The molecule has 2 rings (SSSR count). The highest BCUT2D eigenvalue weighted by Crippen LogP contribution is 2.23. The number of carbonyl (C=O) groups excluding carboxylic acids is 1. The van der Waals surface area contributed by atoms with Gasteiger partial charge in [0.05, 0.1) is 15.6 Å². The summed E-state index contributed by atoms with van der Waals surface area (Å²) in [6, 6.07) is 10.0. The summed E-state index contributed by atoms with van der Waals surface area (Å²) in [5.74, 6) is -1.26. The van der Waals surface area contributed by atoms with E-state index in [0.717, 1.165) is 11.1 Å². The first-order valence-corrected chi connectivity index (χ1v) is 7.80. The molecule has 126 valence electrons. The van der Waals surface area contributed by atoms with Crippen molar-refractivity contribution in [2.75, 3.05) is 6.61 Å². The second kappa shape index (κ2) is 8.04. The SMILES string of the molecule is Cc1ccc(C(=O)NCc2ccc(Cl)c(Cl)c2)c(OCC(=O)O)c1. The normalized spacial score (nSPS) is 10.3. The fourth-order valence-corrected chi connectivity index (χ4v) is 2.32. The maximum absolute atomic E-state index is 12.3. The molecule has 0 atom stereocenters. The first-order valence-electron chi connectivity index (χ1n) is 7.04. The molecule has 0 fully saturated rings. The lowest BCUT2D eigenvalue weighted by molar-refractivity contribution is -0.139. The third-order valence-electron chi connectivity index (χ3n) is 3.17. The second-order valence-corrected chi connectivity index (χ2v) is 5.93. The molecular weight excluding hydrogens is 353 g/mol. The lowest BCUT2D eigenvalue weighted by Gasteiger charge is -2.12. The molecule has 0 saturated heterocycles. The average Bonchev–Trinajstić information content (AvgIpc) is 2.53. The Hall–Kier alpha value is -2.24. The number of benzene rings is 2. The Morgan fingerprint density at radius 2 is 1.88 bits per heavy atom. The molecule has 5 nitrogen and oxygen atoms in total. The van der Waals surface area contributed by atoms with Crippen molar-refractivity contribution < 1.29 is 19.4 Å². The van der Waals surface area contributed by atoms with Gasteiger partial charge in [0, 0.05) is 6.54 Å². The van der Waals surface area contributed by atoms with Crippen LogP contribution in [0.1, 0.15) is 21.5 Å². The van der Waals surface area contributed by atoms with Gasteiger partial charge in [-0.3, -0.25) is 4.79 Å². The molecule has 2 aromatic carbocycles. The standard InChI is InChI=1S/C17H15Cl2NO4/c1-10-2-4-12(15(6-10)24-9-16(21)22)17(23)20-8-11-3-5-13(18)14(19)7-11/h2-7H,8-9H2,1H3,(H,20,23)(H,21,22). The minimum Gasteiger partial charge on any atom is -0.481 e. The molecular formula is C17H15Cl2NO4. The van der Waals surface area contributed by atoms with Crippen molar-refractivity contribution in [3.05, 3.63) is 63.1 Å². The summed E-state index contributed by atoms with van der Waals surface area (Å²) in [5.41, 5.74) is 1.91. The van der Waals surface area contributed by atoms with E-state index in [1.807, 2.05) is 6.92 Å². The Morgan fingerprint density at radius 1 is 1.12 bits per heavy atom. The van der Waals surface area contributed by atoms with Crippen molar-refractivity contribution in [1.82, 2.24) is 5.32 Å². The molecule has 0 unspecified atom stereocenters. The van der Waals surface area contributed by atoms with Gasteiger partial charge >= 0.3 is 5.97 Å². The van der Waals surface area contributed by atoms with Crippen molar-refractivity contribution in [1.29, 1.82) is 0 Å². The number of carbonyl (C=O) groups is 2. The van der Waals surface area contributed by atoms with E-state index in [-0.39, 0.29) is 23.8 Å². The first kappa shape index (κ1) is 18.1. The van der Waals surface area contributed by atoms with E-state index in [0.29, 0.717) is 10.0 Å². The molecule has 0 aliphatic rings. The number of hydrogen-bond donors (Lipinski definition) is 2. The largest absolute Gasteiger partial charge is 0.481 e. The number of aliphatic carboxylic acids is 1. The first-order chi connectivity index (χ1) is 11.4. The molecule has 24 heavy (non-hydrogen) atoms. The quantitative estimate of drug-likeness (QED) is 0.815. The Morgan fingerprint density at radius 3 is 2.54 bits per heavy atom. The summed E-state index contributed by atoms with van der Waals surface area (Å²) in [6.45, 7) is 1.56. The molecule has 0 aromatic heterocycles. The monoisotopic (exact) mass is 367 g/mol. The minimum atomic E-state index is -1.11. The van der Waals surface area contributed by atoms with Crippen molar-refractivity contribution in [2.45, 2.75) is 13.5 Å². The maximum atomic E-state index is 12.3. The van der Waals surface area contributed by atoms with Crippen LogP contribution in [-0.4, -0.2) is 23.6 Å². The number of nitrogens with one attached hydrogen (secondary N) is 1. The predicted molar refractivity (Wildman–Crippen MR) is 91.9 cm³/mol. The molecule has 0 heterocycles. The van der Waals surface area contributed by atoms with E-state index in [9.17, 15) is 9.59 Å². The van der Waals surface area contributed by atoms with Crippen LogP contribution in [0, 0.1) is 6.92 Å². The zero-order chi connectivity index (χ0) is 17.7. The van der Waals surface area contributed by atoms with E-state index in [1.54, 1.807) is 36.4 Å². The Labute approximate surface area is 149 Å². The third-order valence-corrected chi connectivity index (χ3v) is 3.91. The molecule has 0 bridgehead atoms. The van der Waals surface area contributed by atoms with Crippen LogP contribution in [-0.2, 0) is 11.3 Å². The smallest absolute Gasteiger partial charge is 0.341 e. The number of carboxylic acids is 1. The van der Waals surface area contributed by atoms with Crippen LogP contribution >= 0.6 is 23.2 Å². The Bertz CT molecular complexity index is 777. The number of halogens is 2. The highest BCUT2D eigenvalue weighted by molar-refractivity contribution is 6.42. The lowest BCUT2D eigenvalue weighted by atomic mass is 10.1. The van der Waals surface area contributed by atoms with E-state index < -0.39 is 12.6 Å². The number of amides is 1. The van der Waals surface area contributed by atoms with Crippen molar-refractivity contribution in [3.8, 4) is 5.75 Å². The fourth-order valence-electron chi connectivity index (χ4n) is 2.00. The highest BCUT2D eigenvalue weighted by Gasteiger charge is 2.14. The van der Waals surface area contributed by atoms with Crippen LogP contribution in [0.15, 0.2) is 36.4 Å². The molecule has 2 N–H and O–H groups in total. The lowest BCUT2D eigenvalue weighted by Crippen LogP contribution is -2.24. The molecule has 0 spiro atoms. The molecule has 0 saturated carbocycles. The summed E-state index contributed by atoms with van der Waals surface area (Å²) in [5, 5.41) is 12.3. The predicted octanol–water partition coefficient (Wildman–Crippen LogP) is 3.70. The summed E-state index contributed by atoms with van der Waals surface area (Å²) < 4.78 is 5.19. The molecule has 0 aliphatic carbocycles. The van der Waals surface area contributed by atoms with Crippen LogP contribution in [0.5, 0.6) is 5.75 Å². The van der Waals surface area contributed by atoms with Gasteiger partial charge in [0.25, 0.3) is 5.91 Å². The zero-order valence-electron chi connectivity index (χ0n) is 12.8. The van der Waals surface area contributed by atoms with Gasteiger partial charge in [0.15, 0.2) is 6.61 Å².